The van der Waals surface area contributed by atoms with Gasteiger partial charge < -0.3 is 9.47 Å². The highest BCUT2D eigenvalue weighted by Crippen LogP contribution is 2.07. The number of benzene rings is 2. The van der Waals surface area contributed by atoms with Gasteiger partial charge in [0.05, 0.1) is 0 Å². The summed E-state index contributed by atoms with van der Waals surface area (Å²) in [6.45, 7) is 2.29. The summed E-state index contributed by atoms with van der Waals surface area (Å²) in [7, 11) is 0. The third kappa shape index (κ3) is 5.28. The van der Waals surface area contributed by atoms with E-state index in [1.165, 1.54) is 0 Å². The molecule has 1 N–H and O–H groups in total. The second-order valence-corrected chi connectivity index (χ2v) is 4.62. The first-order chi connectivity index (χ1) is 10.3. The maximum absolute atomic E-state index is 11.8. The number of carbonyl (C=O) groups excluding carboxylic acids is 1. The summed E-state index contributed by atoms with van der Waals surface area (Å²) in [6.07, 6.45) is 0. The summed E-state index contributed by atoms with van der Waals surface area (Å²) in [5, 5.41) is 2.97. The number of nitrogens with one attached hydrogen (secondary N) is 1. The fourth-order valence-electron chi connectivity index (χ4n) is 1.70. The summed E-state index contributed by atoms with van der Waals surface area (Å²) < 4.78 is 10.7. The molecule has 0 fully saturated rings. The van der Waals surface area contributed by atoms with Crippen LogP contribution in [-0.4, -0.2) is 18.7 Å². The Morgan fingerprint density at radius 1 is 1.05 bits per heavy atom. The topological polar surface area (TPSA) is 47.6 Å². The number of ether oxygens (including phenoxy) is 2. The first-order valence-electron chi connectivity index (χ1n) is 6.87. The fourth-order valence-corrected chi connectivity index (χ4v) is 1.70. The molecule has 0 radical (unpaired) electrons. The minimum absolute atomic E-state index is 0.256. The number of carbonyl (C=O) groups is 1. The molecule has 0 saturated heterocycles. The zero-order valence-electron chi connectivity index (χ0n) is 12.0. The van der Waals surface area contributed by atoms with Gasteiger partial charge in [-0.3, -0.25) is 10.1 Å². The molecule has 2 aromatic carbocycles. The SMILES string of the molecule is C[C@H](NCOc1ccccc1)C(=O)OCc1ccccc1. The van der Waals surface area contributed by atoms with Crippen LogP contribution in [0.15, 0.2) is 60.7 Å². The van der Waals surface area contributed by atoms with Crippen molar-refractivity contribution in [2.24, 2.45) is 0 Å². The van der Waals surface area contributed by atoms with Gasteiger partial charge in [-0.1, -0.05) is 48.5 Å². The standard InChI is InChI=1S/C17H19NO3/c1-14(18-13-21-16-10-6-3-7-11-16)17(19)20-12-15-8-4-2-5-9-15/h2-11,14,18H,12-13H2,1H3/t14-/m0/s1. The van der Waals surface area contributed by atoms with E-state index in [4.69, 9.17) is 9.47 Å². The molecule has 2 aromatic rings. The van der Waals surface area contributed by atoms with Crippen molar-refractivity contribution < 1.29 is 14.3 Å². The van der Waals surface area contributed by atoms with Gasteiger partial charge in [-0.25, -0.2) is 0 Å². The van der Waals surface area contributed by atoms with Crippen molar-refractivity contribution >= 4 is 5.97 Å². The van der Waals surface area contributed by atoms with Gasteiger partial charge in [-0.15, -0.1) is 0 Å². The second-order valence-electron chi connectivity index (χ2n) is 4.62. The van der Waals surface area contributed by atoms with Crippen molar-refractivity contribution in [3.05, 3.63) is 66.2 Å². The van der Waals surface area contributed by atoms with Crippen LogP contribution in [0.2, 0.25) is 0 Å². The highest BCUT2D eigenvalue weighted by molar-refractivity contribution is 5.75. The summed E-state index contributed by atoms with van der Waals surface area (Å²) in [6, 6.07) is 18.6. The quantitative estimate of drug-likeness (QED) is 0.627. The molecule has 4 heteroatoms. The molecule has 0 heterocycles. The van der Waals surface area contributed by atoms with Crippen LogP contribution in [0.25, 0.3) is 0 Å². The van der Waals surface area contributed by atoms with Crippen LogP contribution >= 0.6 is 0 Å². The van der Waals surface area contributed by atoms with Crippen LogP contribution < -0.4 is 10.1 Å². The van der Waals surface area contributed by atoms with E-state index < -0.39 is 6.04 Å². The Bertz CT molecular complexity index is 542. The van der Waals surface area contributed by atoms with E-state index >= 15 is 0 Å². The lowest BCUT2D eigenvalue weighted by Crippen LogP contribution is -2.37. The van der Waals surface area contributed by atoms with Crippen molar-refractivity contribution in [3.8, 4) is 5.75 Å². The van der Waals surface area contributed by atoms with Crippen LogP contribution in [0.1, 0.15) is 12.5 Å². The summed E-state index contributed by atoms with van der Waals surface area (Å²) in [5.74, 6) is 0.463. The molecule has 110 valence electrons. The molecule has 0 aliphatic rings. The van der Waals surface area contributed by atoms with Crippen molar-refractivity contribution in [1.82, 2.24) is 5.32 Å². The molecule has 1 atom stereocenters. The molecule has 0 bridgehead atoms. The largest absolute Gasteiger partial charge is 0.478 e. The van der Waals surface area contributed by atoms with Crippen molar-refractivity contribution in [2.45, 2.75) is 19.6 Å². The predicted octanol–water partition coefficient (Wildman–Crippen LogP) is 2.74. The number of hydrogen-bond donors (Lipinski definition) is 1. The fraction of sp³-hybridized carbons (Fsp3) is 0.235. The molecule has 21 heavy (non-hydrogen) atoms. The van der Waals surface area contributed by atoms with Gasteiger partial charge in [0.1, 0.15) is 25.1 Å². The van der Waals surface area contributed by atoms with Crippen LogP contribution in [0, 0.1) is 0 Å². The van der Waals surface area contributed by atoms with E-state index in [1.807, 2.05) is 60.7 Å². The lowest BCUT2D eigenvalue weighted by Gasteiger charge is -2.14. The Kier molecular flexibility index (Phi) is 5.79. The molecule has 0 aliphatic carbocycles. The van der Waals surface area contributed by atoms with E-state index in [1.54, 1.807) is 6.92 Å². The first-order valence-corrected chi connectivity index (χ1v) is 6.87. The van der Waals surface area contributed by atoms with Crippen molar-refractivity contribution in [3.63, 3.8) is 0 Å². The second kappa shape index (κ2) is 8.07. The summed E-state index contributed by atoms with van der Waals surface area (Å²) in [5.41, 5.74) is 0.971. The Morgan fingerprint density at radius 2 is 1.67 bits per heavy atom. The molecule has 0 spiro atoms. The zero-order valence-corrected chi connectivity index (χ0v) is 12.0. The highest BCUT2D eigenvalue weighted by Gasteiger charge is 2.13. The summed E-state index contributed by atoms with van der Waals surface area (Å²) in [4.78, 5) is 11.8. The molecule has 0 aromatic heterocycles. The maximum Gasteiger partial charge on any atom is 0.323 e. The smallest absolute Gasteiger partial charge is 0.323 e. The normalized spacial score (nSPS) is 11.7. The van der Waals surface area contributed by atoms with Crippen LogP contribution in [0.3, 0.4) is 0 Å². The van der Waals surface area contributed by atoms with Gasteiger partial charge in [-0.05, 0) is 24.6 Å². The first kappa shape index (κ1) is 15.1. The monoisotopic (exact) mass is 285 g/mol. The average Bonchev–Trinajstić information content (AvgIpc) is 2.54. The molecule has 2 rings (SSSR count). The van der Waals surface area contributed by atoms with Gasteiger partial charge in [-0.2, -0.15) is 0 Å². The maximum atomic E-state index is 11.8. The average molecular weight is 285 g/mol. The highest BCUT2D eigenvalue weighted by atomic mass is 16.5. The Balaban J connectivity index is 1.68. The van der Waals surface area contributed by atoms with Gasteiger partial charge in [0, 0.05) is 0 Å². The van der Waals surface area contributed by atoms with E-state index in [9.17, 15) is 4.79 Å². The lowest BCUT2D eigenvalue weighted by atomic mass is 10.2. The van der Waals surface area contributed by atoms with Crippen LogP contribution in [0.4, 0.5) is 0 Å². The Labute approximate surface area is 124 Å². The molecule has 0 aliphatic heterocycles. The minimum Gasteiger partial charge on any atom is -0.478 e. The molecule has 0 saturated carbocycles. The molecule has 4 nitrogen and oxygen atoms in total. The molecule has 0 unspecified atom stereocenters. The van der Waals surface area contributed by atoms with Crippen molar-refractivity contribution in [1.29, 1.82) is 0 Å². The number of esters is 1. The van der Waals surface area contributed by atoms with Gasteiger partial charge in [0.15, 0.2) is 0 Å². The Morgan fingerprint density at radius 3 is 2.33 bits per heavy atom. The zero-order chi connectivity index (χ0) is 14.9. The molecular weight excluding hydrogens is 266 g/mol. The van der Waals surface area contributed by atoms with Crippen molar-refractivity contribution in [2.75, 3.05) is 6.73 Å². The number of para-hydroxylation sites is 1. The third-order valence-corrected chi connectivity index (χ3v) is 2.95. The number of hydrogen-bond acceptors (Lipinski definition) is 4. The van der Waals surface area contributed by atoms with E-state index in [0.717, 1.165) is 11.3 Å². The van der Waals surface area contributed by atoms with Crippen LogP contribution in [0.5, 0.6) is 5.75 Å². The van der Waals surface area contributed by atoms with Gasteiger partial charge >= 0.3 is 5.97 Å². The Hall–Kier alpha value is -2.33. The van der Waals surface area contributed by atoms with Gasteiger partial charge in [0.2, 0.25) is 0 Å². The van der Waals surface area contributed by atoms with Crippen LogP contribution in [-0.2, 0) is 16.1 Å². The number of rotatable bonds is 7. The predicted molar refractivity (Wildman–Crippen MR) is 80.8 cm³/mol. The van der Waals surface area contributed by atoms with E-state index in [0.29, 0.717) is 0 Å². The van der Waals surface area contributed by atoms with E-state index in [-0.39, 0.29) is 19.3 Å². The minimum atomic E-state index is -0.419. The van der Waals surface area contributed by atoms with Gasteiger partial charge in [0.25, 0.3) is 0 Å². The van der Waals surface area contributed by atoms with E-state index in [2.05, 4.69) is 5.32 Å². The lowest BCUT2D eigenvalue weighted by molar-refractivity contribution is -0.147. The third-order valence-electron chi connectivity index (χ3n) is 2.95. The molecular formula is C17H19NO3. The summed E-state index contributed by atoms with van der Waals surface area (Å²) >= 11 is 0. The molecule has 0 amide bonds.